The molecule has 0 aliphatic carbocycles. The molecule has 0 saturated carbocycles. The van der Waals surface area contributed by atoms with E-state index < -0.39 is 0 Å². The average molecular weight is 506 g/mol. The third kappa shape index (κ3) is 4.96. The van der Waals surface area contributed by atoms with Crippen molar-refractivity contribution >= 4 is 28.8 Å². The van der Waals surface area contributed by atoms with E-state index in [9.17, 15) is 9.59 Å². The van der Waals surface area contributed by atoms with E-state index in [1.54, 1.807) is 31.3 Å². The average Bonchev–Trinajstić information content (AvgIpc) is 3.59. The Hall–Kier alpha value is -3.36. The second-order valence-electron chi connectivity index (χ2n) is 9.09. The Morgan fingerprint density at radius 2 is 1.78 bits per heavy atom. The molecule has 1 fully saturated rings. The van der Waals surface area contributed by atoms with Crippen molar-refractivity contribution in [1.29, 1.82) is 0 Å². The summed E-state index contributed by atoms with van der Waals surface area (Å²) in [4.78, 5) is 32.2. The molecule has 2 aromatic carbocycles. The maximum Gasteiger partial charge on any atom is 0.268 e. The number of hydrogen-bond acceptors (Lipinski definition) is 6. The van der Waals surface area contributed by atoms with Gasteiger partial charge in [0.2, 0.25) is 0 Å². The van der Waals surface area contributed by atoms with E-state index in [2.05, 4.69) is 16.3 Å². The lowest BCUT2D eigenvalue weighted by Gasteiger charge is -2.27. The summed E-state index contributed by atoms with van der Waals surface area (Å²) in [7, 11) is 3.20. The zero-order chi connectivity index (χ0) is 25.1. The van der Waals surface area contributed by atoms with E-state index in [1.165, 1.54) is 24.2 Å². The SMILES string of the molecule is COc1ccc(-c2cc3c(s2)C(=O)N(c2ccc(C(=O)NCCN4CCCC4)c(OC)c2)CC3)cc1. The first kappa shape index (κ1) is 24.3. The molecule has 0 unspecified atom stereocenters. The summed E-state index contributed by atoms with van der Waals surface area (Å²) in [6.45, 7) is 4.24. The predicted molar refractivity (Wildman–Crippen MR) is 143 cm³/mol. The Labute approximate surface area is 215 Å². The molecule has 1 N–H and O–H groups in total. The molecule has 3 aromatic rings. The number of fused-ring (bicyclic) bond motifs is 1. The van der Waals surface area contributed by atoms with Gasteiger partial charge in [-0.2, -0.15) is 0 Å². The molecule has 0 atom stereocenters. The van der Waals surface area contributed by atoms with Gasteiger partial charge in [-0.3, -0.25) is 9.59 Å². The lowest BCUT2D eigenvalue weighted by Crippen LogP contribution is -2.36. The minimum absolute atomic E-state index is 0.0223. The van der Waals surface area contributed by atoms with Gasteiger partial charge in [0.15, 0.2) is 0 Å². The smallest absolute Gasteiger partial charge is 0.268 e. The van der Waals surface area contributed by atoms with Crippen LogP contribution in [0.2, 0.25) is 0 Å². The van der Waals surface area contributed by atoms with Crippen LogP contribution in [0.15, 0.2) is 48.5 Å². The molecule has 8 heteroatoms. The first-order valence-corrected chi connectivity index (χ1v) is 13.2. The molecule has 5 rings (SSSR count). The lowest BCUT2D eigenvalue weighted by molar-refractivity contribution is 0.0945. The molecule has 7 nitrogen and oxygen atoms in total. The van der Waals surface area contributed by atoms with Crippen molar-refractivity contribution in [2.75, 3.05) is 51.8 Å². The van der Waals surface area contributed by atoms with Gasteiger partial charge in [0, 0.05) is 36.3 Å². The number of carbonyl (C=O) groups excluding carboxylic acids is 2. The van der Waals surface area contributed by atoms with Crippen molar-refractivity contribution in [1.82, 2.24) is 10.2 Å². The number of carbonyl (C=O) groups is 2. The van der Waals surface area contributed by atoms with Crippen LogP contribution in [0, 0.1) is 0 Å². The number of amides is 2. The normalized spacial score (nSPS) is 15.6. The number of benzene rings is 2. The molecule has 1 saturated heterocycles. The highest BCUT2D eigenvalue weighted by atomic mass is 32.1. The number of anilines is 1. The van der Waals surface area contributed by atoms with Crippen molar-refractivity contribution in [3.63, 3.8) is 0 Å². The number of hydrogen-bond donors (Lipinski definition) is 1. The molecule has 0 radical (unpaired) electrons. The van der Waals surface area contributed by atoms with E-state index in [0.717, 1.165) is 58.4 Å². The monoisotopic (exact) mass is 505 g/mol. The van der Waals surface area contributed by atoms with Gasteiger partial charge in [0.05, 0.1) is 24.7 Å². The van der Waals surface area contributed by atoms with Crippen LogP contribution in [0.3, 0.4) is 0 Å². The highest BCUT2D eigenvalue weighted by molar-refractivity contribution is 7.17. The maximum atomic E-state index is 13.4. The van der Waals surface area contributed by atoms with E-state index in [4.69, 9.17) is 9.47 Å². The molecule has 3 heterocycles. The van der Waals surface area contributed by atoms with Gasteiger partial charge < -0.3 is 24.6 Å². The number of rotatable bonds is 8. The van der Waals surface area contributed by atoms with Gasteiger partial charge in [-0.15, -0.1) is 11.3 Å². The number of nitrogens with zero attached hydrogens (tertiary/aromatic N) is 2. The molecule has 1 aromatic heterocycles. The van der Waals surface area contributed by atoms with Crippen LogP contribution < -0.4 is 19.7 Å². The van der Waals surface area contributed by atoms with Gasteiger partial charge in [0.1, 0.15) is 11.5 Å². The molecular formula is C28H31N3O4S. The molecular weight excluding hydrogens is 474 g/mol. The van der Waals surface area contributed by atoms with E-state index in [-0.39, 0.29) is 11.8 Å². The maximum absolute atomic E-state index is 13.4. The standard InChI is InChI=1S/C28H31N3O4S/c1-34-22-8-5-19(6-9-22)25-17-20-11-15-31(28(33)26(20)36-25)21-7-10-23(24(18-21)35-2)27(32)29-12-16-30-13-3-4-14-30/h5-10,17-18H,3-4,11-16H2,1-2H3,(H,29,32). The highest BCUT2D eigenvalue weighted by Crippen LogP contribution is 2.37. The van der Waals surface area contributed by atoms with Gasteiger partial charge in [-0.05, 0) is 85.9 Å². The van der Waals surface area contributed by atoms with Crippen LogP contribution in [0.5, 0.6) is 11.5 Å². The van der Waals surface area contributed by atoms with Crippen molar-refractivity contribution in [2.45, 2.75) is 19.3 Å². The summed E-state index contributed by atoms with van der Waals surface area (Å²) >= 11 is 1.51. The molecule has 36 heavy (non-hydrogen) atoms. The lowest BCUT2D eigenvalue weighted by atomic mass is 10.0. The Bertz CT molecular complexity index is 1250. The summed E-state index contributed by atoms with van der Waals surface area (Å²) in [6.07, 6.45) is 3.23. The predicted octanol–water partition coefficient (Wildman–Crippen LogP) is 4.46. The Morgan fingerprint density at radius 3 is 2.50 bits per heavy atom. The fourth-order valence-corrected chi connectivity index (χ4v) is 6.02. The summed E-state index contributed by atoms with van der Waals surface area (Å²) in [5.41, 5.74) is 3.35. The van der Waals surface area contributed by atoms with E-state index >= 15 is 0 Å². The third-order valence-electron chi connectivity index (χ3n) is 6.88. The number of thiophene rings is 1. The largest absolute Gasteiger partial charge is 0.497 e. The molecule has 0 spiro atoms. The fourth-order valence-electron chi connectivity index (χ4n) is 4.86. The summed E-state index contributed by atoms with van der Waals surface area (Å²) in [6, 6.07) is 15.4. The van der Waals surface area contributed by atoms with Crippen LogP contribution in [-0.4, -0.2) is 63.7 Å². The topological polar surface area (TPSA) is 71.1 Å². The first-order valence-electron chi connectivity index (χ1n) is 12.3. The van der Waals surface area contributed by atoms with Crippen molar-refractivity contribution < 1.29 is 19.1 Å². The second-order valence-corrected chi connectivity index (χ2v) is 10.1. The van der Waals surface area contributed by atoms with Crippen LogP contribution >= 0.6 is 11.3 Å². The Balaban J connectivity index is 1.30. The van der Waals surface area contributed by atoms with E-state index in [0.29, 0.717) is 24.4 Å². The molecule has 188 valence electrons. The van der Waals surface area contributed by atoms with E-state index in [1.807, 2.05) is 30.3 Å². The third-order valence-corrected chi connectivity index (χ3v) is 8.10. The van der Waals surface area contributed by atoms with Gasteiger partial charge in [-0.1, -0.05) is 0 Å². The van der Waals surface area contributed by atoms with Crippen molar-refractivity contribution in [3.8, 4) is 21.9 Å². The Morgan fingerprint density at radius 1 is 1.00 bits per heavy atom. The number of methoxy groups -OCH3 is 2. The first-order chi connectivity index (χ1) is 17.6. The van der Waals surface area contributed by atoms with Crippen molar-refractivity contribution in [3.05, 3.63) is 64.5 Å². The molecule has 2 aliphatic heterocycles. The zero-order valence-corrected chi connectivity index (χ0v) is 21.5. The van der Waals surface area contributed by atoms with Crippen LogP contribution in [0.25, 0.3) is 10.4 Å². The number of likely N-dealkylation sites (tertiary alicyclic amines) is 1. The Kier molecular flexibility index (Phi) is 7.25. The van der Waals surface area contributed by atoms with Gasteiger partial charge in [-0.25, -0.2) is 0 Å². The van der Waals surface area contributed by atoms with Crippen LogP contribution in [0.1, 0.15) is 38.4 Å². The fraction of sp³-hybridized carbons (Fsp3) is 0.357. The summed E-state index contributed by atoms with van der Waals surface area (Å²) in [5.74, 6) is 1.09. The number of ether oxygens (including phenoxy) is 2. The van der Waals surface area contributed by atoms with Crippen LogP contribution in [-0.2, 0) is 6.42 Å². The minimum Gasteiger partial charge on any atom is -0.497 e. The summed E-state index contributed by atoms with van der Waals surface area (Å²) < 4.78 is 10.8. The van der Waals surface area contributed by atoms with Gasteiger partial charge in [0.25, 0.3) is 11.8 Å². The minimum atomic E-state index is -0.160. The quantitative estimate of drug-likeness (QED) is 0.490. The second kappa shape index (κ2) is 10.7. The molecule has 2 amide bonds. The van der Waals surface area contributed by atoms with Crippen molar-refractivity contribution in [2.24, 2.45) is 0 Å². The van der Waals surface area contributed by atoms with Gasteiger partial charge >= 0.3 is 0 Å². The highest BCUT2D eigenvalue weighted by Gasteiger charge is 2.29. The molecule has 0 bridgehead atoms. The molecule has 2 aliphatic rings. The number of nitrogens with one attached hydrogen (secondary N) is 1. The zero-order valence-electron chi connectivity index (χ0n) is 20.7. The van der Waals surface area contributed by atoms with Crippen LogP contribution in [0.4, 0.5) is 5.69 Å². The summed E-state index contributed by atoms with van der Waals surface area (Å²) in [5, 5.41) is 3.00.